The zero-order valence-corrected chi connectivity index (χ0v) is 7.81. The van der Waals surface area contributed by atoms with Crippen LogP contribution in [-0.2, 0) is 0 Å². The lowest BCUT2D eigenvalue weighted by Gasteiger charge is -1.89. The molecule has 0 fully saturated rings. The molecule has 2 aromatic rings. The van der Waals surface area contributed by atoms with Crippen molar-refractivity contribution < 1.29 is 4.42 Å². The van der Waals surface area contributed by atoms with Crippen LogP contribution < -0.4 is 5.56 Å². The van der Waals surface area contributed by atoms with Crippen molar-refractivity contribution in [3.05, 3.63) is 26.9 Å². The Hall–Kier alpha value is -1.10. The van der Waals surface area contributed by atoms with Gasteiger partial charge in [-0.2, -0.15) is 4.98 Å². The largest absolute Gasteiger partial charge is 0.431 e. The molecule has 0 spiro atoms. The van der Waals surface area contributed by atoms with Crippen LogP contribution in [0.25, 0.3) is 11.1 Å². The second kappa shape index (κ2) is 2.45. The number of hydrogen-bond donors (Lipinski definition) is 1. The van der Waals surface area contributed by atoms with Gasteiger partial charge in [0.1, 0.15) is 11.2 Å². The monoisotopic (exact) mass is 228 g/mol. The van der Waals surface area contributed by atoms with E-state index in [2.05, 4.69) is 25.9 Å². The topological polar surface area (TPSA) is 58.9 Å². The van der Waals surface area contributed by atoms with Crippen LogP contribution in [0.1, 0.15) is 5.82 Å². The van der Waals surface area contributed by atoms with Crippen LogP contribution in [0.5, 0.6) is 0 Å². The second-order valence-electron chi connectivity index (χ2n) is 2.42. The first-order valence-corrected chi connectivity index (χ1v) is 4.12. The van der Waals surface area contributed by atoms with Gasteiger partial charge in [-0.3, -0.25) is 4.79 Å². The number of fused-ring (bicyclic) bond motifs is 1. The summed E-state index contributed by atoms with van der Waals surface area (Å²) in [6.45, 7) is 1.71. The number of nitrogens with zero attached hydrogens (tertiary/aromatic N) is 1. The Morgan fingerprint density at radius 3 is 3.17 bits per heavy atom. The first-order chi connectivity index (χ1) is 5.66. The Balaban J connectivity index is 2.98. The van der Waals surface area contributed by atoms with Crippen molar-refractivity contribution in [1.29, 1.82) is 0 Å². The minimum Gasteiger partial charge on any atom is -0.431 e. The Bertz CT molecular complexity index is 486. The highest BCUT2D eigenvalue weighted by Crippen LogP contribution is 2.18. The summed E-state index contributed by atoms with van der Waals surface area (Å²) in [6.07, 6.45) is 0. The van der Waals surface area contributed by atoms with Crippen molar-refractivity contribution in [2.75, 3.05) is 0 Å². The van der Waals surface area contributed by atoms with E-state index in [0.29, 0.717) is 21.6 Å². The zero-order chi connectivity index (χ0) is 8.72. The SMILES string of the molecule is Cc1nc2oc(Br)cc2c(=O)[nH]1. The normalized spacial score (nSPS) is 10.8. The van der Waals surface area contributed by atoms with Crippen LogP contribution in [0.3, 0.4) is 0 Å². The lowest BCUT2D eigenvalue weighted by atomic mass is 10.4. The van der Waals surface area contributed by atoms with Crippen molar-refractivity contribution >= 4 is 27.0 Å². The number of rotatable bonds is 0. The third kappa shape index (κ3) is 1.06. The van der Waals surface area contributed by atoms with Crippen LogP contribution in [0, 0.1) is 6.92 Å². The lowest BCUT2D eigenvalue weighted by molar-refractivity contribution is 0.573. The number of hydrogen-bond acceptors (Lipinski definition) is 3. The molecule has 0 unspecified atom stereocenters. The van der Waals surface area contributed by atoms with Crippen molar-refractivity contribution in [3.63, 3.8) is 0 Å². The molecule has 2 heterocycles. The van der Waals surface area contributed by atoms with Gasteiger partial charge in [-0.25, -0.2) is 0 Å². The summed E-state index contributed by atoms with van der Waals surface area (Å²) in [7, 11) is 0. The third-order valence-electron chi connectivity index (χ3n) is 1.49. The maximum atomic E-state index is 11.2. The van der Waals surface area contributed by atoms with E-state index < -0.39 is 0 Å². The van der Waals surface area contributed by atoms with Gasteiger partial charge in [0.25, 0.3) is 5.56 Å². The Labute approximate surface area is 75.7 Å². The van der Waals surface area contributed by atoms with Crippen LogP contribution in [-0.4, -0.2) is 9.97 Å². The molecule has 0 radical (unpaired) electrons. The smallest absolute Gasteiger partial charge is 0.262 e. The van der Waals surface area contributed by atoms with E-state index >= 15 is 0 Å². The van der Waals surface area contributed by atoms with E-state index in [1.54, 1.807) is 13.0 Å². The Morgan fingerprint density at radius 2 is 2.42 bits per heavy atom. The van der Waals surface area contributed by atoms with Gasteiger partial charge in [0.05, 0.1) is 0 Å². The van der Waals surface area contributed by atoms with E-state index in [9.17, 15) is 4.79 Å². The molecule has 0 saturated carbocycles. The quantitative estimate of drug-likeness (QED) is 0.746. The molecule has 1 N–H and O–H groups in total. The summed E-state index contributed by atoms with van der Waals surface area (Å²) >= 11 is 3.12. The number of nitrogens with one attached hydrogen (secondary N) is 1. The molecule has 5 heteroatoms. The summed E-state index contributed by atoms with van der Waals surface area (Å²) in [5.41, 5.74) is 0.190. The fraction of sp³-hybridized carbons (Fsp3) is 0.143. The Kier molecular flexibility index (Phi) is 1.54. The highest BCUT2D eigenvalue weighted by molar-refractivity contribution is 9.10. The maximum absolute atomic E-state index is 11.2. The summed E-state index contributed by atoms with van der Waals surface area (Å²) in [5.74, 6) is 0.550. The molecule has 12 heavy (non-hydrogen) atoms. The summed E-state index contributed by atoms with van der Waals surface area (Å²) in [6, 6.07) is 1.60. The maximum Gasteiger partial charge on any atom is 0.262 e. The zero-order valence-electron chi connectivity index (χ0n) is 6.22. The minimum atomic E-state index is -0.174. The van der Waals surface area contributed by atoms with Gasteiger partial charge in [-0.15, -0.1) is 0 Å². The van der Waals surface area contributed by atoms with E-state index in [0.717, 1.165) is 0 Å². The van der Waals surface area contributed by atoms with Crippen LogP contribution in [0.2, 0.25) is 0 Å². The predicted molar refractivity (Wildman–Crippen MR) is 47.1 cm³/mol. The van der Waals surface area contributed by atoms with Crippen molar-refractivity contribution in [3.8, 4) is 0 Å². The predicted octanol–water partition coefficient (Wildman–Crippen LogP) is 1.59. The number of aromatic nitrogens is 2. The number of H-pyrrole nitrogens is 1. The molecule has 0 bridgehead atoms. The summed E-state index contributed by atoms with van der Waals surface area (Å²) in [4.78, 5) is 17.8. The highest BCUT2D eigenvalue weighted by Gasteiger charge is 2.06. The van der Waals surface area contributed by atoms with Crippen LogP contribution >= 0.6 is 15.9 Å². The van der Waals surface area contributed by atoms with Gasteiger partial charge in [-0.05, 0) is 22.9 Å². The second-order valence-corrected chi connectivity index (χ2v) is 3.20. The number of furan rings is 1. The standard InChI is InChI=1S/C7H5BrN2O2/c1-3-9-6(11)4-2-5(8)12-7(4)10-3/h2H,1H3,(H,9,10,11). The minimum absolute atomic E-state index is 0.174. The third-order valence-corrected chi connectivity index (χ3v) is 1.88. The average molecular weight is 229 g/mol. The van der Waals surface area contributed by atoms with Crippen LogP contribution in [0.15, 0.2) is 19.9 Å². The molecule has 0 amide bonds. The van der Waals surface area contributed by atoms with Crippen molar-refractivity contribution in [2.24, 2.45) is 0 Å². The van der Waals surface area contributed by atoms with Gasteiger partial charge in [0, 0.05) is 6.07 Å². The molecular weight excluding hydrogens is 224 g/mol. The molecule has 4 nitrogen and oxygen atoms in total. The van der Waals surface area contributed by atoms with Gasteiger partial charge in [0.15, 0.2) is 4.67 Å². The molecule has 0 aromatic carbocycles. The van der Waals surface area contributed by atoms with Gasteiger partial charge in [0.2, 0.25) is 5.71 Å². The number of aromatic amines is 1. The Morgan fingerprint density at radius 1 is 1.67 bits per heavy atom. The molecule has 2 rings (SSSR count). The van der Waals surface area contributed by atoms with Gasteiger partial charge < -0.3 is 9.40 Å². The molecule has 62 valence electrons. The molecule has 0 atom stereocenters. The molecule has 0 aliphatic carbocycles. The van der Waals surface area contributed by atoms with E-state index in [-0.39, 0.29) is 5.56 Å². The molecule has 0 saturated heterocycles. The molecular formula is C7H5BrN2O2. The molecule has 0 aliphatic rings. The summed E-state index contributed by atoms with van der Waals surface area (Å²) < 4.78 is 5.63. The fourth-order valence-corrected chi connectivity index (χ4v) is 1.39. The van der Waals surface area contributed by atoms with E-state index in [4.69, 9.17) is 4.42 Å². The first kappa shape index (κ1) is 7.54. The van der Waals surface area contributed by atoms with E-state index in [1.165, 1.54) is 0 Å². The van der Waals surface area contributed by atoms with Crippen molar-refractivity contribution in [1.82, 2.24) is 9.97 Å². The number of aryl methyl sites for hydroxylation is 1. The van der Waals surface area contributed by atoms with E-state index in [1.807, 2.05) is 0 Å². The molecule has 0 aliphatic heterocycles. The summed E-state index contributed by atoms with van der Waals surface area (Å²) in [5, 5.41) is 0.465. The first-order valence-electron chi connectivity index (χ1n) is 3.33. The number of halogens is 1. The van der Waals surface area contributed by atoms with Gasteiger partial charge in [-0.1, -0.05) is 0 Å². The van der Waals surface area contributed by atoms with Crippen molar-refractivity contribution in [2.45, 2.75) is 6.92 Å². The fourth-order valence-electron chi connectivity index (χ4n) is 1.01. The van der Waals surface area contributed by atoms with Gasteiger partial charge >= 0.3 is 0 Å². The highest BCUT2D eigenvalue weighted by atomic mass is 79.9. The average Bonchev–Trinajstić information content (AvgIpc) is 2.29. The van der Waals surface area contributed by atoms with Crippen LogP contribution in [0.4, 0.5) is 0 Å². The lowest BCUT2D eigenvalue weighted by Crippen LogP contribution is -2.07. The molecule has 2 aromatic heterocycles.